The molecule has 10 aromatic carbocycles. The molecule has 0 bridgehead atoms. The fourth-order valence-electron chi connectivity index (χ4n) is 12.0. The molecule has 0 aromatic heterocycles. The molecule has 0 saturated carbocycles. The van der Waals surface area contributed by atoms with Crippen LogP contribution >= 0.6 is 0 Å². The van der Waals surface area contributed by atoms with Gasteiger partial charge >= 0.3 is 0 Å². The lowest BCUT2D eigenvalue weighted by molar-refractivity contribution is 0.652. The van der Waals surface area contributed by atoms with Gasteiger partial charge in [0, 0.05) is 16.7 Å². The van der Waals surface area contributed by atoms with Crippen LogP contribution in [-0.4, -0.2) is 0 Å². The average molecular weight is 739 g/mol. The van der Waals surface area contributed by atoms with E-state index in [4.69, 9.17) is 0 Å². The summed E-state index contributed by atoms with van der Waals surface area (Å²) >= 11 is 0. The van der Waals surface area contributed by atoms with Crippen molar-refractivity contribution in [3.05, 3.63) is 192 Å². The van der Waals surface area contributed by atoms with E-state index >= 15 is 0 Å². The van der Waals surface area contributed by atoms with Crippen molar-refractivity contribution in [1.82, 2.24) is 0 Å². The zero-order chi connectivity index (χ0) is 38.7. The van der Waals surface area contributed by atoms with Crippen molar-refractivity contribution in [2.24, 2.45) is 0 Å². The number of hydrogen-bond donors (Lipinski definition) is 0. The SMILES string of the molecule is CC1(C)c2cc3c(cc2-c2c1ccc1c2ccc2c(C4C=CC=CC4)c4ccccc4c(-c4ccccc4)c21)C(C)(C)c1cc2ccc4cccc5ccc(c1-3)c2c45. The maximum atomic E-state index is 2.61. The molecule has 0 heteroatoms. The van der Waals surface area contributed by atoms with Gasteiger partial charge in [-0.3, -0.25) is 0 Å². The number of allylic oxidation sites excluding steroid dienone is 4. The van der Waals surface area contributed by atoms with Crippen molar-refractivity contribution in [3.8, 4) is 33.4 Å². The van der Waals surface area contributed by atoms with Gasteiger partial charge in [-0.05, 0) is 150 Å². The fourth-order valence-corrected chi connectivity index (χ4v) is 12.0. The monoisotopic (exact) mass is 738 g/mol. The quantitative estimate of drug-likeness (QED) is 0.122. The first kappa shape index (κ1) is 32.6. The molecular formula is C58H42. The molecule has 0 saturated heterocycles. The number of benzene rings is 10. The van der Waals surface area contributed by atoms with E-state index in [1.165, 1.54) is 126 Å². The van der Waals surface area contributed by atoms with E-state index in [-0.39, 0.29) is 10.8 Å². The van der Waals surface area contributed by atoms with Crippen molar-refractivity contribution in [2.75, 3.05) is 0 Å². The summed E-state index contributed by atoms with van der Waals surface area (Å²) in [5.74, 6) is 0.321. The van der Waals surface area contributed by atoms with Gasteiger partial charge in [-0.15, -0.1) is 0 Å². The molecular weight excluding hydrogens is 697 g/mol. The first-order valence-corrected chi connectivity index (χ1v) is 21.0. The van der Waals surface area contributed by atoms with Gasteiger partial charge in [-0.2, -0.15) is 0 Å². The summed E-state index contributed by atoms with van der Waals surface area (Å²) in [6, 6.07) is 54.0. The average Bonchev–Trinajstić information content (AvgIpc) is 3.62. The molecule has 0 spiro atoms. The van der Waals surface area contributed by atoms with Crippen LogP contribution in [-0.2, 0) is 10.8 Å². The maximum absolute atomic E-state index is 2.61. The molecule has 274 valence electrons. The van der Waals surface area contributed by atoms with Gasteiger partial charge in [-0.25, -0.2) is 0 Å². The van der Waals surface area contributed by atoms with E-state index in [1.54, 1.807) is 0 Å². The highest BCUT2D eigenvalue weighted by Crippen LogP contribution is 2.60. The number of rotatable bonds is 2. The molecule has 10 aromatic rings. The Morgan fingerprint density at radius 3 is 1.79 bits per heavy atom. The second-order valence-corrected chi connectivity index (χ2v) is 18.3. The summed E-state index contributed by atoms with van der Waals surface area (Å²) in [6.45, 7) is 9.80. The highest BCUT2D eigenvalue weighted by molar-refractivity contribution is 6.28. The first-order chi connectivity index (χ1) is 28.3. The van der Waals surface area contributed by atoms with E-state index < -0.39 is 0 Å². The lowest BCUT2D eigenvalue weighted by Crippen LogP contribution is -2.17. The number of hydrogen-bond acceptors (Lipinski definition) is 0. The van der Waals surface area contributed by atoms with Crippen LogP contribution in [0.25, 0.3) is 98.0 Å². The van der Waals surface area contributed by atoms with Crippen LogP contribution in [0.15, 0.2) is 164 Å². The topological polar surface area (TPSA) is 0 Å². The van der Waals surface area contributed by atoms with Gasteiger partial charge in [0.25, 0.3) is 0 Å². The van der Waals surface area contributed by atoms with Crippen LogP contribution in [0.2, 0.25) is 0 Å². The maximum Gasteiger partial charge on any atom is 0.0159 e. The van der Waals surface area contributed by atoms with E-state index in [0.29, 0.717) is 5.92 Å². The standard InChI is InChI=1S/C58H42/c1-57(2)46-29-28-41-40(26-27-42-51(33-14-7-5-8-15-33)38-20-11-12-21-39(38)52(56(41)42)34-16-9-6-10-17-34)54(46)44-31-48-45(32-47(44)57)55-43-25-24-36-19-13-18-35-22-23-37(53(43)50(35)36)30-49(55)58(48,3)4/h5-14,16-33H,15H2,1-4H3. The third kappa shape index (κ3) is 4.01. The van der Waals surface area contributed by atoms with Crippen molar-refractivity contribution in [2.45, 2.75) is 50.9 Å². The molecule has 0 N–H and O–H groups in total. The molecule has 0 radical (unpaired) electrons. The Morgan fingerprint density at radius 1 is 0.414 bits per heavy atom. The Morgan fingerprint density at radius 2 is 1.03 bits per heavy atom. The molecule has 13 rings (SSSR count). The third-order valence-electron chi connectivity index (χ3n) is 14.7. The molecule has 3 aliphatic rings. The predicted molar refractivity (Wildman–Crippen MR) is 249 cm³/mol. The minimum absolute atomic E-state index is 0.148. The van der Waals surface area contributed by atoms with Crippen LogP contribution in [0.3, 0.4) is 0 Å². The van der Waals surface area contributed by atoms with Crippen LogP contribution in [0, 0.1) is 0 Å². The number of fused-ring (bicyclic) bond motifs is 12. The van der Waals surface area contributed by atoms with Gasteiger partial charge in [0.05, 0.1) is 0 Å². The van der Waals surface area contributed by atoms with Gasteiger partial charge < -0.3 is 0 Å². The van der Waals surface area contributed by atoms with Crippen LogP contribution in [0.1, 0.15) is 67.9 Å². The zero-order valence-electron chi connectivity index (χ0n) is 33.4. The van der Waals surface area contributed by atoms with E-state index in [2.05, 4.69) is 192 Å². The lowest BCUT2D eigenvalue weighted by atomic mass is 9.78. The third-order valence-corrected chi connectivity index (χ3v) is 14.7. The van der Waals surface area contributed by atoms with Gasteiger partial charge in [0.2, 0.25) is 0 Å². The zero-order valence-corrected chi connectivity index (χ0v) is 33.4. The fraction of sp³-hybridized carbons (Fsp3) is 0.138. The highest BCUT2D eigenvalue weighted by Gasteiger charge is 2.43. The minimum Gasteiger partial charge on any atom is -0.0836 e. The van der Waals surface area contributed by atoms with E-state index in [1.807, 2.05) is 0 Å². The Kier molecular flexibility index (Phi) is 6.24. The molecule has 0 aliphatic heterocycles. The summed E-state index contributed by atoms with van der Waals surface area (Å²) in [5, 5.41) is 16.3. The molecule has 0 amide bonds. The Bertz CT molecular complexity index is 3500. The predicted octanol–water partition coefficient (Wildman–Crippen LogP) is 15.9. The van der Waals surface area contributed by atoms with Crippen LogP contribution in [0.4, 0.5) is 0 Å². The van der Waals surface area contributed by atoms with Crippen LogP contribution < -0.4 is 0 Å². The summed E-state index contributed by atoms with van der Waals surface area (Å²) in [4.78, 5) is 0. The van der Waals surface area contributed by atoms with Crippen LogP contribution in [0.5, 0.6) is 0 Å². The molecule has 3 aliphatic carbocycles. The Balaban J connectivity index is 1.12. The molecule has 58 heavy (non-hydrogen) atoms. The van der Waals surface area contributed by atoms with Gasteiger partial charge in [0.15, 0.2) is 0 Å². The van der Waals surface area contributed by atoms with Gasteiger partial charge in [0.1, 0.15) is 0 Å². The summed E-state index contributed by atoms with van der Waals surface area (Å²) < 4.78 is 0. The molecule has 1 unspecified atom stereocenters. The van der Waals surface area contributed by atoms with Crippen molar-refractivity contribution >= 4 is 64.6 Å². The largest absolute Gasteiger partial charge is 0.0836 e. The van der Waals surface area contributed by atoms with E-state index in [0.717, 1.165) is 6.42 Å². The second-order valence-electron chi connectivity index (χ2n) is 18.3. The highest BCUT2D eigenvalue weighted by atomic mass is 14.5. The smallest absolute Gasteiger partial charge is 0.0159 e. The summed E-state index contributed by atoms with van der Waals surface area (Å²) in [6.07, 6.45) is 10.2. The molecule has 0 fully saturated rings. The Labute approximate surface area is 339 Å². The lowest BCUT2D eigenvalue weighted by Gasteiger charge is -2.24. The summed E-state index contributed by atoms with van der Waals surface area (Å²) in [5.41, 5.74) is 15.1. The molecule has 0 nitrogen and oxygen atoms in total. The minimum atomic E-state index is -0.157. The molecule has 0 heterocycles. The van der Waals surface area contributed by atoms with Crippen molar-refractivity contribution in [3.63, 3.8) is 0 Å². The van der Waals surface area contributed by atoms with Crippen molar-refractivity contribution < 1.29 is 0 Å². The molecule has 1 atom stereocenters. The van der Waals surface area contributed by atoms with Gasteiger partial charge in [-0.1, -0.05) is 173 Å². The van der Waals surface area contributed by atoms with Crippen molar-refractivity contribution in [1.29, 1.82) is 0 Å². The summed E-state index contributed by atoms with van der Waals surface area (Å²) in [7, 11) is 0. The first-order valence-electron chi connectivity index (χ1n) is 21.0. The second kappa shape index (κ2) is 11.1. The Hall–Kier alpha value is -6.50. The normalized spacial score (nSPS) is 17.2. The van der Waals surface area contributed by atoms with E-state index in [9.17, 15) is 0 Å².